The highest BCUT2D eigenvalue weighted by atomic mass is 19.4. The summed E-state index contributed by atoms with van der Waals surface area (Å²) >= 11 is 0. The van der Waals surface area contributed by atoms with Crippen LogP contribution in [0.1, 0.15) is 5.56 Å². The van der Waals surface area contributed by atoms with E-state index in [-0.39, 0.29) is 11.6 Å². The molecule has 0 aliphatic heterocycles. The third kappa shape index (κ3) is 3.85. The van der Waals surface area contributed by atoms with Gasteiger partial charge in [-0.15, -0.1) is 13.2 Å². The van der Waals surface area contributed by atoms with Gasteiger partial charge in [0.05, 0.1) is 12.0 Å². The normalized spacial score (nSPS) is 11.8. The zero-order chi connectivity index (χ0) is 18.7. The van der Waals surface area contributed by atoms with Gasteiger partial charge in [0.25, 0.3) is 0 Å². The average molecular weight is 361 g/mol. The fourth-order valence-corrected chi connectivity index (χ4v) is 2.45. The van der Waals surface area contributed by atoms with Crippen LogP contribution in [0.25, 0.3) is 22.6 Å². The molecule has 26 heavy (non-hydrogen) atoms. The second kappa shape index (κ2) is 6.91. The Labute approximate surface area is 146 Å². The van der Waals surface area contributed by atoms with Crippen molar-refractivity contribution < 1.29 is 22.3 Å². The molecule has 0 aliphatic carbocycles. The number of nitrogens with zero attached hydrogens (tertiary/aromatic N) is 2. The van der Waals surface area contributed by atoms with E-state index >= 15 is 0 Å². The zero-order valence-electron chi connectivity index (χ0n) is 13.6. The van der Waals surface area contributed by atoms with Crippen molar-refractivity contribution in [2.75, 3.05) is 12.8 Å². The van der Waals surface area contributed by atoms with Gasteiger partial charge in [-0.2, -0.15) is 0 Å². The monoisotopic (exact) mass is 361 g/mol. The first-order chi connectivity index (χ1) is 12.4. The van der Waals surface area contributed by atoms with Crippen LogP contribution in [0.5, 0.6) is 5.75 Å². The standard InChI is InChI=1S/C18H14F3N3O2/c1-23-10-14-13(16-3-2-8-25-16)9-15(24-17(14)22)11-4-6-12(7-5-11)26-18(19,20)21/h2-10H,1H3,(H2,22,24). The van der Waals surface area contributed by atoms with Crippen LogP contribution < -0.4 is 10.5 Å². The molecule has 0 bridgehead atoms. The number of furan rings is 1. The minimum atomic E-state index is -4.74. The van der Waals surface area contributed by atoms with Crippen LogP contribution in [0.2, 0.25) is 0 Å². The molecular weight excluding hydrogens is 347 g/mol. The molecule has 0 atom stereocenters. The largest absolute Gasteiger partial charge is 0.573 e. The summed E-state index contributed by atoms with van der Waals surface area (Å²) in [6.45, 7) is 0. The van der Waals surface area contributed by atoms with Crippen molar-refractivity contribution >= 4 is 12.0 Å². The Balaban J connectivity index is 2.03. The van der Waals surface area contributed by atoms with Gasteiger partial charge in [0.15, 0.2) is 0 Å². The molecule has 2 aromatic heterocycles. The number of ether oxygens (including phenoxy) is 1. The number of nitrogens with two attached hydrogens (primary N) is 1. The highest BCUT2D eigenvalue weighted by Gasteiger charge is 2.31. The summed E-state index contributed by atoms with van der Waals surface area (Å²) in [4.78, 5) is 8.29. The highest BCUT2D eigenvalue weighted by molar-refractivity contribution is 5.95. The van der Waals surface area contributed by atoms with Crippen molar-refractivity contribution in [3.05, 3.63) is 54.3 Å². The first kappa shape index (κ1) is 17.5. The van der Waals surface area contributed by atoms with E-state index in [0.29, 0.717) is 28.1 Å². The molecule has 3 aromatic rings. The van der Waals surface area contributed by atoms with E-state index in [4.69, 9.17) is 10.2 Å². The summed E-state index contributed by atoms with van der Waals surface area (Å²) in [6, 6.07) is 10.6. The second-order valence-electron chi connectivity index (χ2n) is 5.29. The lowest BCUT2D eigenvalue weighted by atomic mass is 10.0. The molecule has 0 fully saturated rings. The SMILES string of the molecule is CN=Cc1c(-c2ccco2)cc(-c2ccc(OC(F)(F)F)cc2)nc1N. The summed E-state index contributed by atoms with van der Waals surface area (Å²) in [6.07, 6.45) is -1.64. The number of hydrogen-bond acceptors (Lipinski definition) is 5. The number of benzene rings is 1. The van der Waals surface area contributed by atoms with Crippen molar-refractivity contribution in [2.24, 2.45) is 4.99 Å². The molecule has 1 aromatic carbocycles. The molecule has 0 saturated carbocycles. The Bertz CT molecular complexity index is 918. The number of rotatable bonds is 4. The topological polar surface area (TPSA) is 73.6 Å². The summed E-state index contributed by atoms with van der Waals surface area (Å²) in [7, 11) is 1.61. The highest BCUT2D eigenvalue weighted by Crippen LogP contribution is 2.32. The first-order valence-electron chi connectivity index (χ1n) is 7.50. The fourth-order valence-electron chi connectivity index (χ4n) is 2.45. The van der Waals surface area contributed by atoms with Crippen LogP contribution in [-0.2, 0) is 0 Å². The van der Waals surface area contributed by atoms with Crippen molar-refractivity contribution in [1.82, 2.24) is 4.98 Å². The number of aromatic nitrogens is 1. The number of anilines is 1. The third-order valence-corrected chi connectivity index (χ3v) is 3.52. The van der Waals surface area contributed by atoms with Gasteiger partial charge in [0.2, 0.25) is 0 Å². The molecule has 0 amide bonds. The maximum absolute atomic E-state index is 12.3. The lowest BCUT2D eigenvalue weighted by molar-refractivity contribution is -0.274. The quantitative estimate of drug-likeness (QED) is 0.693. The number of pyridine rings is 1. The van der Waals surface area contributed by atoms with Gasteiger partial charge in [-0.05, 0) is 42.5 Å². The zero-order valence-corrected chi connectivity index (χ0v) is 13.6. The van der Waals surface area contributed by atoms with E-state index < -0.39 is 6.36 Å². The molecule has 0 spiro atoms. The van der Waals surface area contributed by atoms with Gasteiger partial charge in [-0.3, -0.25) is 4.99 Å². The molecule has 0 radical (unpaired) electrons. The van der Waals surface area contributed by atoms with E-state index in [9.17, 15) is 13.2 Å². The predicted molar refractivity (Wildman–Crippen MR) is 92.0 cm³/mol. The predicted octanol–water partition coefficient (Wildman–Crippen LogP) is 4.54. The molecule has 8 heteroatoms. The Morgan fingerprint density at radius 2 is 1.92 bits per heavy atom. The van der Waals surface area contributed by atoms with Gasteiger partial charge in [0.1, 0.15) is 17.3 Å². The lowest BCUT2D eigenvalue weighted by Gasteiger charge is -2.11. The van der Waals surface area contributed by atoms with Crippen LogP contribution in [0.3, 0.4) is 0 Å². The molecule has 5 nitrogen and oxygen atoms in total. The molecule has 0 saturated heterocycles. The number of hydrogen-bond donors (Lipinski definition) is 1. The van der Waals surface area contributed by atoms with Crippen LogP contribution in [-0.4, -0.2) is 24.6 Å². The Hall–Kier alpha value is -3.29. The van der Waals surface area contributed by atoms with E-state index in [1.807, 2.05) is 0 Å². The van der Waals surface area contributed by atoms with Gasteiger partial charge in [-0.1, -0.05) is 0 Å². The maximum atomic E-state index is 12.3. The number of halogens is 3. The van der Waals surface area contributed by atoms with Gasteiger partial charge in [0, 0.05) is 30.0 Å². The molecule has 134 valence electrons. The Morgan fingerprint density at radius 3 is 2.50 bits per heavy atom. The molecular formula is C18H14F3N3O2. The number of nitrogen functional groups attached to an aromatic ring is 1. The van der Waals surface area contributed by atoms with Gasteiger partial charge >= 0.3 is 6.36 Å². The summed E-state index contributed by atoms with van der Waals surface area (Å²) in [5, 5.41) is 0. The van der Waals surface area contributed by atoms with Crippen molar-refractivity contribution in [2.45, 2.75) is 6.36 Å². The van der Waals surface area contributed by atoms with Crippen LogP contribution in [0.15, 0.2) is 58.1 Å². The van der Waals surface area contributed by atoms with Crippen molar-refractivity contribution in [1.29, 1.82) is 0 Å². The summed E-state index contributed by atoms with van der Waals surface area (Å²) in [5.41, 5.74) is 8.40. The fraction of sp³-hybridized carbons (Fsp3) is 0.111. The maximum Gasteiger partial charge on any atom is 0.573 e. The smallest absolute Gasteiger partial charge is 0.464 e. The number of alkyl halides is 3. The Morgan fingerprint density at radius 1 is 1.19 bits per heavy atom. The summed E-state index contributed by atoms with van der Waals surface area (Å²) < 4.78 is 46.1. The van der Waals surface area contributed by atoms with E-state index in [1.54, 1.807) is 31.5 Å². The van der Waals surface area contributed by atoms with Gasteiger partial charge in [-0.25, -0.2) is 4.98 Å². The molecule has 3 rings (SSSR count). The third-order valence-electron chi connectivity index (χ3n) is 3.52. The van der Waals surface area contributed by atoms with Crippen LogP contribution >= 0.6 is 0 Å². The number of aliphatic imine (C=N–C) groups is 1. The van der Waals surface area contributed by atoms with E-state index in [2.05, 4.69) is 14.7 Å². The Kier molecular flexibility index (Phi) is 4.66. The van der Waals surface area contributed by atoms with Crippen LogP contribution in [0.4, 0.5) is 19.0 Å². The van der Waals surface area contributed by atoms with Crippen LogP contribution in [0, 0.1) is 0 Å². The molecule has 2 N–H and O–H groups in total. The first-order valence-corrected chi connectivity index (χ1v) is 7.50. The molecule has 0 unspecified atom stereocenters. The summed E-state index contributed by atoms with van der Waals surface area (Å²) in [5.74, 6) is 0.498. The minimum Gasteiger partial charge on any atom is -0.464 e. The second-order valence-corrected chi connectivity index (χ2v) is 5.29. The van der Waals surface area contributed by atoms with Crippen molar-refractivity contribution in [3.8, 4) is 28.3 Å². The van der Waals surface area contributed by atoms with E-state index in [1.165, 1.54) is 30.5 Å². The molecule has 2 heterocycles. The lowest BCUT2D eigenvalue weighted by Crippen LogP contribution is -2.16. The average Bonchev–Trinajstić information content (AvgIpc) is 3.10. The van der Waals surface area contributed by atoms with Crippen molar-refractivity contribution in [3.63, 3.8) is 0 Å². The van der Waals surface area contributed by atoms with Gasteiger partial charge < -0.3 is 14.9 Å². The minimum absolute atomic E-state index is 0.232. The van der Waals surface area contributed by atoms with E-state index in [0.717, 1.165) is 0 Å². The molecule has 0 aliphatic rings.